The third-order valence-corrected chi connectivity index (χ3v) is 5.58. The van der Waals surface area contributed by atoms with Crippen LogP contribution in [0.2, 0.25) is 0 Å². The predicted molar refractivity (Wildman–Crippen MR) is 120 cm³/mol. The summed E-state index contributed by atoms with van der Waals surface area (Å²) in [5, 5.41) is 18.5. The van der Waals surface area contributed by atoms with Crippen LogP contribution in [-0.2, 0) is 11.3 Å². The molecule has 4 rings (SSSR count). The number of thiazole rings is 1. The van der Waals surface area contributed by atoms with Crippen LogP contribution < -0.4 is 15.6 Å². The molecule has 0 atom stereocenters. The van der Waals surface area contributed by atoms with Gasteiger partial charge in [-0.2, -0.15) is 5.10 Å². The van der Waals surface area contributed by atoms with E-state index in [1.807, 2.05) is 12.1 Å². The van der Waals surface area contributed by atoms with Gasteiger partial charge in [0.1, 0.15) is 18.0 Å². The summed E-state index contributed by atoms with van der Waals surface area (Å²) in [6.45, 7) is 1.45. The number of fused-ring (bicyclic) bond motifs is 1. The first-order valence-electron chi connectivity index (χ1n) is 9.42. The van der Waals surface area contributed by atoms with E-state index >= 15 is 0 Å². The zero-order valence-corrected chi connectivity index (χ0v) is 17.9. The number of hydrogen-bond acceptors (Lipinski definition) is 8. The van der Waals surface area contributed by atoms with E-state index in [9.17, 15) is 19.7 Å². The molecule has 0 aliphatic carbocycles. The minimum Gasteiger partial charge on any atom is -0.497 e. The molecular weight excluding hydrogens is 434 g/mol. The number of methoxy groups -OCH3 is 1. The standard InChI is InChI=1S/C21H17N5O5S/c1-12-22-19-20(32-12)18(13-4-3-5-16(10-13)31-2)24-25(21(19)28)11-17(27)23-14-6-8-15(9-7-14)26(29)30/h3-10H,11H2,1-2H3,(H,23,27). The molecule has 0 aliphatic heterocycles. The Bertz CT molecular complexity index is 1390. The maximum atomic E-state index is 12.9. The van der Waals surface area contributed by atoms with E-state index in [0.29, 0.717) is 26.8 Å². The van der Waals surface area contributed by atoms with Crippen LogP contribution in [-0.4, -0.2) is 32.7 Å². The lowest BCUT2D eigenvalue weighted by Gasteiger charge is -2.10. The van der Waals surface area contributed by atoms with Gasteiger partial charge in [0.15, 0.2) is 5.52 Å². The van der Waals surface area contributed by atoms with Crippen molar-refractivity contribution in [3.63, 3.8) is 0 Å². The van der Waals surface area contributed by atoms with Gasteiger partial charge in [0.05, 0.1) is 21.7 Å². The van der Waals surface area contributed by atoms with Gasteiger partial charge in [0.2, 0.25) is 5.91 Å². The maximum absolute atomic E-state index is 12.9. The van der Waals surface area contributed by atoms with Crippen LogP contribution in [0.3, 0.4) is 0 Å². The average Bonchev–Trinajstić information content (AvgIpc) is 3.18. The van der Waals surface area contributed by atoms with Crippen molar-refractivity contribution in [1.82, 2.24) is 14.8 Å². The van der Waals surface area contributed by atoms with Crippen molar-refractivity contribution in [2.75, 3.05) is 12.4 Å². The minimum absolute atomic E-state index is 0.0897. The number of benzene rings is 2. The highest BCUT2D eigenvalue weighted by Gasteiger charge is 2.18. The second kappa shape index (κ2) is 8.55. The van der Waals surface area contributed by atoms with Gasteiger partial charge >= 0.3 is 0 Å². The van der Waals surface area contributed by atoms with E-state index in [1.165, 1.54) is 35.6 Å². The fraction of sp³-hybridized carbons (Fsp3) is 0.143. The zero-order valence-electron chi connectivity index (χ0n) is 17.1. The Morgan fingerprint density at radius 1 is 1.25 bits per heavy atom. The molecule has 0 radical (unpaired) electrons. The van der Waals surface area contributed by atoms with Gasteiger partial charge in [-0.1, -0.05) is 12.1 Å². The Kier molecular flexibility index (Phi) is 5.65. The molecule has 4 aromatic rings. The number of aryl methyl sites for hydroxylation is 1. The summed E-state index contributed by atoms with van der Waals surface area (Å²) >= 11 is 1.35. The van der Waals surface area contributed by atoms with Crippen LogP contribution in [0, 0.1) is 17.0 Å². The molecule has 0 saturated carbocycles. The minimum atomic E-state index is -0.528. The number of amides is 1. The van der Waals surface area contributed by atoms with Crippen LogP contribution in [0.15, 0.2) is 53.3 Å². The molecule has 1 N–H and O–H groups in total. The molecule has 0 fully saturated rings. The van der Waals surface area contributed by atoms with Crippen LogP contribution >= 0.6 is 11.3 Å². The van der Waals surface area contributed by atoms with Gasteiger partial charge in [0.25, 0.3) is 11.2 Å². The zero-order chi connectivity index (χ0) is 22.8. The predicted octanol–water partition coefficient (Wildman–Crippen LogP) is 3.38. The first-order valence-corrected chi connectivity index (χ1v) is 10.2. The number of anilines is 1. The van der Waals surface area contributed by atoms with E-state index in [4.69, 9.17) is 4.74 Å². The topological polar surface area (TPSA) is 129 Å². The summed E-state index contributed by atoms with van der Waals surface area (Å²) < 4.78 is 6.99. The summed E-state index contributed by atoms with van der Waals surface area (Å²) in [5.41, 5.74) is 1.29. The highest BCUT2D eigenvalue weighted by Crippen LogP contribution is 2.31. The van der Waals surface area contributed by atoms with Crippen molar-refractivity contribution in [1.29, 1.82) is 0 Å². The van der Waals surface area contributed by atoms with Crippen LogP contribution in [0.25, 0.3) is 21.5 Å². The molecule has 11 heteroatoms. The number of carbonyl (C=O) groups excluding carboxylic acids is 1. The third kappa shape index (κ3) is 4.18. The Morgan fingerprint density at radius 2 is 2.00 bits per heavy atom. The molecule has 0 bridgehead atoms. The van der Waals surface area contributed by atoms with Crippen molar-refractivity contribution in [3.8, 4) is 17.0 Å². The van der Waals surface area contributed by atoms with Crippen molar-refractivity contribution in [2.24, 2.45) is 0 Å². The van der Waals surface area contributed by atoms with E-state index in [0.717, 1.165) is 10.2 Å². The van der Waals surface area contributed by atoms with Gasteiger partial charge in [-0.3, -0.25) is 19.7 Å². The molecule has 0 aliphatic rings. The number of aromatic nitrogens is 3. The highest BCUT2D eigenvalue weighted by molar-refractivity contribution is 7.19. The molecule has 32 heavy (non-hydrogen) atoms. The second-order valence-electron chi connectivity index (χ2n) is 6.81. The van der Waals surface area contributed by atoms with Crippen LogP contribution in [0.4, 0.5) is 11.4 Å². The Morgan fingerprint density at radius 3 is 2.69 bits per heavy atom. The SMILES string of the molecule is COc1cccc(-c2nn(CC(=O)Nc3ccc([N+](=O)[O-])cc3)c(=O)c3nc(C)sc23)c1. The fourth-order valence-corrected chi connectivity index (χ4v) is 4.05. The normalized spacial score (nSPS) is 10.8. The third-order valence-electron chi connectivity index (χ3n) is 4.61. The highest BCUT2D eigenvalue weighted by atomic mass is 32.1. The number of carbonyl (C=O) groups is 1. The Hall–Kier alpha value is -4.12. The molecule has 10 nitrogen and oxygen atoms in total. The monoisotopic (exact) mass is 451 g/mol. The summed E-state index contributed by atoms with van der Waals surface area (Å²) in [7, 11) is 1.56. The van der Waals surface area contributed by atoms with Gasteiger partial charge < -0.3 is 10.1 Å². The van der Waals surface area contributed by atoms with Crippen molar-refractivity contribution >= 4 is 38.8 Å². The molecule has 2 heterocycles. The summed E-state index contributed by atoms with van der Waals surface area (Å²) in [6.07, 6.45) is 0. The lowest BCUT2D eigenvalue weighted by atomic mass is 10.1. The van der Waals surface area contributed by atoms with Crippen LogP contribution in [0.1, 0.15) is 5.01 Å². The lowest BCUT2D eigenvalue weighted by molar-refractivity contribution is -0.384. The molecule has 2 aromatic heterocycles. The van der Waals surface area contributed by atoms with Gasteiger partial charge in [-0.15, -0.1) is 11.3 Å². The van der Waals surface area contributed by atoms with Crippen molar-refractivity contribution < 1.29 is 14.5 Å². The quantitative estimate of drug-likeness (QED) is 0.351. The van der Waals surface area contributed by atoms with Crippen molar-refractivity contribution in [3.05, 3.63) is 74.0 Å². The summed E-state index contributed by atoms with van der Waals surface area (Å²) in [5.74, 6) is 0.128. The maximum Gasteiger partial charge on any atom is 0.294 e. The molecule has 0 spiro atoms. The number of rotatable bonds is 6. The largest absolute Gasteiger partial charge is 0.497 e. The van der Waals surface area contributed by atoms with Gasteiger partial charge in [-0.25, -0.2) is 9.67 Å². The van der Waals surface area contributed by atoms with Gasteiger partial charge in [-0.05, 0) is 31.2 Å². The van der Waals surface area contributed by atoms with Crippen LogP contribution in [0.5, 0.6) is 5.75 Å². The number of ether oxygens (including phenoxy) is 1. The van der Waals surface area contributed by atoms with Gasteiger partial charge in [0, 0.05) is 23.4 Å². The Balaban J connectivity index is 1.69. The first kappa shape index (κ1) is 21.1. The smallest absolute Gasteiger partial charge is 0.294 e. The lowest BCUT2D eigenvalue weighted by Crippen LogP contribution is -2.30. The number of nitro groups is 1. The van der Waals surface area contributed by atoms with Crippen molar-refractivity contribution in [2.45, 2.75) is 13.5 Å². The van der Waals surface area contributed by atoms with E-state index < -0.39 is 16.4 Å². The molecular formula is C21H17N5O5S. The number of hydrogen-bond donors (Lipinski definition) is 1. The molecule has 0 unspecified atom stereocenters. The van der Waals surface area contributed by atoms with E-state index in [1.54, 1.807) is 26.2 Å². The van der Waals surface area contributed by atoms with E-state index in [2.05, 4.69) is 15.4 Å². The molecule has 1 amide bonds. The molecule has 0 saturated heterocycles. The first-order chi connectivity index (χ1) is 15.4. The fourth-order valence-electron chi connectivity index (χ4n) is 3.14. The average molecular weight is 451 g/mol. The molecule has 2 aromatic carbocycles. The summed E-state index contributed by atoms with van der Waals surface area (Å²) in [4.78, 5) is 40.1. The van der Waals surface area contributed by atoms with E-state index in [-0.39, 0.29) is 17.7 Å². The number of nitro benzene ring substituents is 1. The number of nitrogens with zero attached hydrogens (tertiary/aromatic N) is 4. The Labute approximate surface area is 185 Å². The second-order valence-corrected chi connectivity index (χ2v) is 8.01. The molecule has 162 valence electrons. The number of non-ortho nitro benzene ring substituents is 1. The summed E-state index contributed by atoms with van der Waals surface area (Å²) in [6, 6.07) is 12.6. The number of nitrogens with one attached hydrogen (secondary N) is 1.